The molecule has 1 aromatic heterocycles. The first-order valence-corrected chi connectivity index (χ1v) is 4.48. The van der Waals surface area contributed by atoms with E-state index >= 15 is 0 Å². The quantitative estimate of drug-likeness (QED) is 0.733. The van der Waals surface area contributed by atoms with Crippen LogP contribution in [0.1, 0.15) is 37.1 Å². The molecule has 0 aromatic carbocycles. The van der Waals surface area contributed by atoms with Gasteiger partial charge in [0, 0.05) is 12.5 Å². The minimum atomic E-state index is -0.0952. The molecule has 13 heavy (non-hydrogen) atoms. The maximum atomic E-state index is 11.4. The van der Waals surface area contributed by atoms with E-state index in [9.17, 15) is 4.79 Å². The summed E-state index contributed by atoms with van der Waals surface area (Å²) in [5.41, 5.74) is 0.533. The van der Waals surface area contributed by atoms with Gasteiger partial charge >= 0.3 is 0 Å². The van der Waals surface area contributed by atoms with Gasteiger partial charge in [-0.15, -0.1) is 0 Å². The lowest BCUT2D eigenvalue weighted by atomic mass is 10.3. The van der Waals surface area contributed by atoms with Crippen molar-refractivity contribution in [2.24, 2.45) is 0 Å². The van der Waals surface area contributed by atoms with Crippen LogP contribution in [0.15, 0.2) is 6.20 Å². The monoisotopic (exact) mass is 181 g/mol. The van der Waals surface area contributed by atoms with Crippen molar-refractivity contribution >= 4 is 5.91 Å². The number of carbonyl (C=O) groups excluding carboxylic acids is 1. The topological polar surface area (TPSA) is 57.8 Å². The van der Waals surface area contributed by atoms with Crippen molar-refractivity contribution in [1.29, 1.82) is 0 Å². The van der Waals surface area contributed by atoms with Gasteiger partial charge in [-0.2, -0.15) is 0 Å². The van der Waals surface area contributed by atoms with E-state index in [1.165, 1.54) is 0 Å². The summed E-state index contributed by atoms with van der Waals surface area (Å²) in [6, 6.07) is 0.154. The Bertz CT molecular complexity index is 291. The molecule has 1 heterocycles. The molecule has 0 aliphatic rings. The van der Waals surface area contributed by atoms with Crippen LogP contribution in [0.5, 0.6) is 0 Å². The molecule has 0 aliphatic carbocycles. The average molecular weight is 181 g/mol. The zero-order chi connectivity index (χ0) is 9.84. The maximum absolute atomic E-state index is 11.4. The summed E-state index contributed by atoms with van der Waals surface area (Å²) < 4.78 is 0. The molecule has 0 fully saturated rings. The van der Waals surface area contributed by atoms with Crippen molar-refractivity contribution in [2.75, 3.05) is 0 Å². The molecule has 4 heteroatoms. The highest BCUT2D eigenvalue weighted by atomic mass is 16.1. The SMILES string of the molecule is CCc1ncc(C(=O)NC(C)C)[nH]1. The summed E-state index contributed by atoms with van der Waals surface area (Å²) in [6.07, 6.45) is 2.38. The van der Waals surface area contributed by atoms with E-state index in [0.717, 1.165) is 12.2 Å². The molecule has 72 valence electrons. The van der Waals surface area contributed by atoms with Gasteiger partial charge in [-0.25, -0.2) is 4.98 Å². The number of rotatable bonds is 3. The van der Waals surface area contributed by atoms with Crippen LogP contribution >= 0.6 is 0 Å². The maximum Gasteiger partial charge on any atom is 0.269 e. The van der Waals surface area contributed by atoms with Crippen LogP contribution in [0.2, 0.25) is 0 Å². The highest BCUT2D eigenvalue weighted by Crippen LogP contribution is 1.98. The van der Waals surface area contributed by atoms with Crippen molar-refractivity contribution in [3.63, 3.8) is 0 Å². The number of aromatic nitrogens is 2. The fourth-order valence-corrected chi connectivity index (χ4v) is 0.997. The molecule has 1 aromatic rings. The van der Waals surface area contributed by atoms with Gasteiger partial charge in [-0.05, 0) is 13.8 Å². The Morgan fingerprint density at radius 1 is 1.69 bits per heavy atom. The van der Waals surface area contributed by atoms with Gasteiger partial charge in [0.1, 0.15) is 11.5 Å². The van der Waals surface area contributed by atoms with Crippen molar-refractivity contribution < 1.29 is 4.79 Å². The van der Waals surface area contributed by atoms with Gasteiger partial charge in [-0.1, -0.05) is 6.92 Å². The number of aryl methyl sites for hydroxylation is 1. The van der Waals surface area contributed by atoms with E-state index in [-0.39, 0.29) is 11.9 Å². The first-order valence-electron chi connectivity index (χ1n) is 4.48. The van der Waals surface area contributed by atoms with E-state index < -0.39 is 0 Å². The van der Waals surface area contributed by atoms with Crippen LogP contribution in [0.3, 0.4) is 0 Å². The van der Waals surface area contributed by atoms with Crippen LogP contribution in [0.25, 0.3) is 0 Å². The number of carbonyl (C=O) groups is 1. The van der Waals surface area contributed by atoms with E-state index in [1.807, 2.05) is 20.8 Å². The Kier molecular flexibility index (Phi) is 3.06. The lowest BCUT2D eigenvalue weighted by Crippen LogP contribution is -2.30. The number of imidazole rings is 1. The summed E-state index contributed by atoms with van der Waals surface area (Å²) in [4.78, 5) is 18.4. The van der Waals surface area contributed by atoms with Gasteiger partial charge in [0.25, 0.3) is 5.91 Å². The van der Waals surface area contributed by atoms with Crippen molar-refractivity contribution in [3.05, 3.63) is 17.7 Å². The second-order valence-electron chi connectivity index (χ2n) is 3.23. The van der Waals surface area contributed by atoms with Gasteiger partial charge in [0.05, 0.1) is 6.20 Å². The van der Waals surface area contributed by atoms with E-state index in [1.54, 1.807) is 6.20 Å². The molecular formula is C9H15N3O. The largest absolute Gasteiger partial charge is 0.349 e. The Balaban J connectivity index is 2.66. The van der Waals surface area contributed by atoms with Crippen molar-refractivity contribution in [3.8, 4) is 0 Å². The Hall–Kier alpha value is -1.32. The van der Waals surface area contributed by atoms with E-state index in [2.05, 4.69) is 15.3 Å². The third-order valence-electron chi connectivity index (χ3n) is 1.63. The van der Waals surface area contributed by atoms with Gasteiger partial charge in [0.2, 0.25) is 0 Å². The normalized spacial score (nSPS) is 10.5. The molecule has 2 N–H and O–H groups in total. The zero-order valence-electron chi connectivity index (χ0n) is 8.22. The minimum Gasteiger partial charge on any atom is -0.349 e. The molecule has 0 unspecified atom stereocenters. The molecule has 0 saturated heterocycles. The predicted octanol–water partition coefficient (Wildman–Crippen LogP) is 1.11. The average Bonchev–Trinajstić information content (AvgIpc) is 2.50. The highest BCUT2D eigenvalue weighted by Gasteiger charge is 2.08. The van der Waals surface area contributed by atoms with Crippen molar-refractivity contribution in [1.82, 2.24) is 15.3 Å². The summed E-state index contributed by atoms with van der Waals surface area (Å²) in [6.45, 7) is 5.84. The number of hydrogen-bond acceptors (Lipinski definition) is 2. The van der Waals surface area contributed by atoms with Crippen molar-refractivity contribution in [2.45, 2.75) is 33.2 Å². The molecule has 1 rings (SSSR count). The first kappa shape index (κ1) is 9.77. The summed E-state index contributed by atoms with van der Waals surface area (Å²) in [5.74, 6) is 0.746. The molecule has 0 aliphatic heterocycles. The van der Waals surface area contributed by atoms with Crippen LogP contribution in [-0.4, -0.2) is 21.9 Å². The van der Waals surface area contributed by atoms with Gasteiger partial charge in [-0.3, -0.25) is 4.79 Å². The first-order chi connectivity index (χ1) is 6.13. The summed E-state index contributed by atoms with van der Waals surface area (Å²) in [5, 5.41) is 2.79. The standard InChI is InChI=1S/C9H15N3O/c1-4-8-10-5-7(12-8)9(13)11-6(2)3/h5-6H,4H2,1-3H3,(H,10,12)(H,11,13). The number of aromatic amines is 1. The Morgan fingerprint density at radius 2 is 2.38 bits per heavy atom. The Morgan fingerprint density at radius 3 is 2.85 bits per heavy atom. The summed E-state index contributed by atoms with van der Waals surface area (Å²) in [7, 11) is 0. The summed E-state index contributed by atoms with van der Waals surface area (Å²) >= 11 is 0. The van der Waals surface area contributed by atoms with E-state index in [0.29, 0.717) is 5.69 Å². The third kappa shape index (κ3) is 2.57. The molecule has 1 amide bonds. The number of nitrogens with zero attached hydrogens (tertiary/aromatic N) is 1. The number of nitrogens with one attached hydrogen (secondary N) is 2. The minimum absolute atomic E-state index is 0.0952. The second kappa shape index (κ2) is 4.07. The Labute approximate surface area is 77.8 Å². The predicted molar refractivity (Wildman–Crippen MR) is 50.6 cm³/mol. The van der Waals surface area contributed by atoms with Crippen LogP contribution < -0.4 is 5.32 Å². The highest BCUT2D eigenvalue weighted by molar-refractivity contribution is 5.92. The lowest BCUT2D eigenvalue weighted by molar-refractivity contribution is 0.0938. The lowest BCUT2D eigenvalue weighted by Gasteiger charge is -2.05. The van der Waals surface area contributed by atoms with Crippen LogP contribution in [0.4, 0.5) is 0 Å². The molecule has 0 bridgehead atoms. The van der Waals surface area contributed by atoms with Crippen LogP contribution in [0, 0.1) is 0 Å². The second-order valence-corrected chi connectivity index (χ2v) is 3.23. The fourth-order valence-electron chi connectivity index (χ4n) is 0.997. The molecule has 0 saturated carbocycles. The van der Waals surface area contributed by atoms with Gasteiger partial charge < -0.3 is 10.3 Å². The molecule has 0 radical (unpaired) electrons. The van der Waals surface area contributed by atoms with Crippen LogP contribution in [-0.2, 0) is 6.42 Å². The number of H-pyrrole nitrogens is 1. The molecule has 0 spiro atoms. The molecule has 0 atom stereocenters. The van der Waals surface area contributed by atoms with E-state index in [4.69, 9.17) is 0 Å². The molecular weight excluding hydrogens is 166 g/mol. The fraction of sp³-hybridized carbons (Fsp3) is 0.556. The number of amides is 1. The zero-order valence-corrected chi connectivity index (χ0v) is 8.22. The third-order valence-corrected chi connectivity index (χ3v) is 1.63. The smallest absolute Gasteiger partial charge is 0.269 e. The number of hydrogen-bond donors (Lipinski definition) is 2. The van der Waals surface area contributed by atoms with Gasteiger partial charge in [0.15, 0.2) is 0 Å². The molecule has 4 nitrogen and oxygen atoms in total.